The molecular weight excluding hydrogens is 183 g/mol. The van der Waals surface area contributed by atoms with Gasteiger partial charge in [-0.3, -0.25) is 4.79 Å². The van der Waals surface area contributed by atoms with Crippen molar-refractivity contribution in [3.05, 3.63) is 0 Å². The van der Waals surface area contributed by atoms with Crippen LogP contribution in [0.4, 0.5) is 4.39 Å². The van der Waals surface area contributed by atoms with Gasteiger partial charge < -0.3 is 4.74 Å². The van der Waals surface area contributed by atoms with Crippen molar-refractivity contribution in [1.29, 1.82) is 0 Å². The lowest BCUT2D eigenvalue weighted by Crippen LogP contribution is -2.17. The summed E-state index contributed by atoms with van der Waals surface area (Å²) in [4.78, 5) is 11.2. The van der Waals surface area contributed by atoms with E-state index in [1.165, 1.54) is 0 Å². The number of ether oxygens (including phenoxy) is 1. The van der Waals surface area contributed by atoms with Crippen LogP contribution in [0.25, 0.3) is 0 Å². The number of ketones is 1. The number of halogens is 1. The molecule has 0 aromatic rings. The van der Waals surface area contributed by atoms with Crippen LogP contribution in [0.2, 0.25) is 0 Å². The fourth-order valence-corrected chi connectivity index (χ4v) is 0.968. The van der Waals surface area contributed by atoms with Gasteiger partial charge in [-0.1, -0.05) is 13.8 Å². The van der Waals surface area contributed by atoms with Gasteiger partial charge in [0.25, 0.3) is 0 Å². The molecule has 0 saturated carbocycles. The van der Waals surface area contributed by atoms with Gasteiger partial charge in [0.1, 0.15) is 12.0 Å². The van der Waals surface area contributed by atoms with E-state index in [4.69, 9.17) is 4.74 Å². The van der Waals surface area contributed by atoms with E-state index in [9.17, 15) is 9.18 Å². The predicted octanol–water partition coefficient (Wildman–Crippen LogP) is 2.75. The molecule has 0 aliphatic carbocycles. The lowest BCUT2D eigenvalue weighted by Gasteiger charge is -2.11. The average molecular weight is 204 g/mol. The van der Waals surface area contributed by atoms with E-state index >= 15 is 0 Å². The third kappa shape index (κ3) is 7.01. The highest BCUT2D eigenvalue weighted by Crippen LogP contribution is 2.08. The lowest BCUT2D eigenvalue weighted by molar-refractivity contribution is -0.122. The van der Waals surface area contributed by atoms with Gasteiger partial charge in [-0.15, -0.1) is 0 Å². The summed E-state index contributed by atoms with van der Waals surface area (Å²) in [6.45, 7) is 7.50. The molecular formula is C11H21FO2. The van der Waals surface area contributed by atoms with Gasteiger partial charge in [0.2, 0.25) is 0 Å². The average Bonchev–Trinajstić information content (AvgIpc) is 2.10. The molecule has 0 heterocycles. The molecule has 0 fully saturated rings. The fraction of sp³-hybridized carbons (Fsp3) is 0.909. The Morgan fingerprint density at radius 3 is 2.29 bits per heavy atom. The lowest BCUT2D eigenvalue weighted by atomic mass is 10.0. The maximum Gasteiger partial charge on any atom is 0.135 e. The summed E-state index contributed by atoms with van der Waals surface area (Å²) in [6.07, 6.45) is -0.363. The van der Waals surface area contributed by atoms with E-state index in [0.717, 1.165) is 0 Å². The maximum atomic E-state index is 13.1. The van der Waals surface area contributed by atoms with Crippen LogP contribution in [0.1, 0.15) is 40.5 Å². The van der Waals surface area contributed by atoms with Gasteiger partial charge in [-0.25, -0.2) is 4.39 Å². The standard InChI is InChI=1S/C11H21FO2/c1-8(2)11(13)6-5-10(12)7-14-9(3)4/h8-10H,5-7H2,1-4H3. The van der Waals surface area contributed by atoms with Crippen LogP contribution in [0, 0.1) is 5.92 Å². The molecule has 0 aromatic carbocycles. The number of carbonyl (C=O) groups excluding carboxylic acids is 1. The number of rotatable bonds is 7. The first-order chi connectivity index (χ1) is 6.43. The summed E-state index contributed by atoms with van der Waals surface area (Å²) in [7, 11) is 0. The van der Waals surface area contributed by atoms with Crippen LogP contribution in [-0.2, 0) is 9.53 Å². The van der Waals surface area contributed by atoms with E-state index in [2.05, 4.69) is 0 Å². The van der Waals surface area contributed by atoms with Crippen LogP contribution < -0.4 is 0 Å². The van der Waals surface area contributed by atoms with Crippen molar-refractivity contribution in [2.24, 2.45) is 5.92 Å². The summed E-state index contributed by atoms with van der Waals surface area (Å²) in [5, 5.41) is 0. The molecule has 2 nitrogen and oxygen atoms in total. The van der Waals surface area contributed by atoms with Crippen molar-refractivity contribution in [3.63, 3.8) is 0 Å². The molecule has 0 spiro atoms. The first-order valence-corrected chi connectivity index (χ1v) is 5.21. The van der Waals surface area contributed by atoms with E-state index in [0.29, 0.717) is 6.42 Å². The highest BCUT2D eigenvalue weighted by atomic mass is 19.1. The van der Waals surface area contributed by atoms with Crippen molar-refractivity contribution in [2.45, 2.75) is 52.8 Å². The molecule has 0 radical (unpaired) electrons. The van der Waals surface area contributed by atoms with Gasteiger partial charge in [0, 0.05) is 12.3 Å². The van der Waals surface area contributed by atoms with Crippen molar-refractivity contribution in [3.8, 4) is 0 Å². The largest absolute Gasteiger partial charge is 0.376 e. The highest BCUT2D eigenvalue weighted by molar-refractivity contribution is 5.80. The Morgan fingerprint density at radius 2 is 1.86 bits per heavy atom. The van der Waals surface area contributed by atoms with Gasteiger partial charge in [0.05, 0.1) is 12.7 Å². The Balaban J connectivity index is 3.53. The Hall–Kier alpha value is -0.440. The molecule has 0 aliphatic rings. The quantitative estimate of drug-likeness (QED) is 0.637. The molecule has 1 atom stereocenters. The molecule has 0 amide bonds. The van der Waals surface area contributed by atoms with Crippen molar-refractivity contribution in [2.75, 3.05) is 6.61 Å². The second kappa shape index (κ2) is 6.93. The monoisotopic (exact) mass is 204 g/mol. The summed E-state index contributed by atoms with van der Waals surface area (Å²) < 4.78 is 18.2. The van der Waals surface area contributed by atoms with Gasteiger partial charge >= 0.3 is 0 Å². The maximum absolute atomic E-state index is 13.1. The minimum atomic E-state index is -1.01. The van der Waals surface area contributed by atoms with Gasteiger partial charge in [0.15, 0.2) is 0 Å². The molecule has 0 aliphatic heterocycles. The van der Waals surface area contributed by atoms with Crippen LogP contribution in [0.15, 0.2) is 0 Å². The first-order valence-electron chi connectivity index (χ1n) is 5.21. The Kier molecular flexibility index (Phi) is 6.71. The second-order valence-electron chi connectivity index (χ2n) is 4.14. The Morgan fingerprint density at radius 1 is 1.29 bits per heavy atom. The van der Waals surface area contributed by atoms with Crippen LogP contribution in [0.5, 0.6) is 0 Å². The van der Waals surface area contributed by atoms with Gasteiger partial charge in [-0.05, 0) is 20.3 Å². The normalized spacial score (nSPS) is 13.6. The zero-order chi connectivity index (χ0) is 11.1. The number of hydrogen-bond acceptors (Lipinski definition) is 2. The van der Waals surface area contributed by atoms with Crippen molar-refractivity contribution in [1.82, 2.24) is 0 Å². The molecule has 0 saturated heterocycles. The number of carbonyl (C=O) groups is 1. The summed E-state index contributed by atoms with van der Waals surface area (Å²) >= 11 is 0. The topological polar surface area (TPSA) is 26.3 Å². The minimum absolute atomic E-state index is 0.00761. The molecule has 14 heavy (non-hydrogen) atoms. The molecule has 0 rings (SSSR count). The third-order valence-corrected chi connectivity index (χ3v) is 1.96. The fourth-order valence-electron chi connectivity index (χ4n) is 0.968. The van der Waals surface area contributed by atoms with E-state index in [-0.39, 0.29) is 30.8 Å². The van der Waals surface area contributed by atoms with Crippen LogP contribution in [0.3, 0.4) is 0 Å². The number of hydrogen-bond donors (Lipinski definition) is 0. The number of alkyl halides is 1. The van der Waals surface area contributed by atoms with Crippen molar-refractivity contribution < 1.29 is 13.9 Å². The van der Waals surface area contributed by atoms with E-state index in [1.807, 2.05) is 27.7 Å². The molecule has 0 aromatic heterocycles. The smallest absolute Gasteiger partial charge is 0.135 e. The summed E-state index contributed by atoms with van der Waals surface area (Å²) in [6, 6.07) is 0. The first kappa shape index (κ1) is 13.6. The molecule has 0 bridgehead atoms. The summed E-state index contributed by atoms with van der Waals surface area (Å²) in [5.74, 6) is 0.130. The third-order valence-electron chi connectivity index (χ3n) is 1.96. The molecule has 3 heteroatoms. The Labute approximate surface area is 85.8 Å². The van der Waals surface area contributed by atoms with Crippen LogP contribution in [-0.4, -0.2) is 24.7 Å². The van der Waals surface area contributed by atoms with Gasteiger partial charge in [-0.2, -0.15) is 0 Å². The van der Waals surface area contributed by atoms with Crippen molar-refractivity contribution >= 4 is 5.78 Å². The summed E-state index contributed by atoms with van der Waals surface area (Å²) in [5.41, 5.74) is 0. The van der Waals surface area contributed by atoms with E-state index < -0.39 is 6.17 Å². The molecule has 0 N–H and O–H groups in total. The zero-order valence-corrected chi connectivity index (χ0v) is 9.55. The Bertz CT molecular complexity index is 167. The SMILES string of the molecule is CC(C)OCC(F)CCC(=O)C(C)C. The molecule has 84 valence electrons. The second-order valence-corrected chi connectivity index (χ2v) is 4.14. The molecule has 1 unspecified atom stereocenters. The predicted molar refractivity (Wildman–Crippen MR) is 55.1 cm³/mol. The number of Topliss-reactive ketones (excluding diaryl/α,β-unsaturated/α-hetero) is 1. The van der Waals surface area contributed by atoms with Crippen LogP contribution >= 0.6 is 0 Å². The highest BCUT2D eigenvalue weighted by Gasteiger charge is 2.12. The van der Waals surface area contributed by atoms with E-state index in [1.54, 1.807) is 0 Å². The zero-order valence-electron chi connectivity index (χ0n) is 9.55. The minimum Gasteiger partial charge on any atom is -0.376 e.